The zero-order chi connectivity index (χ0) is 53.1. The highest BCUT2D eigenvalue weighted by Crippen LogP contribution is 2.43. The number of anilines is 2. The molecule has 3 aliphatic carbocycles. The first-order valence-corrected chi connectivity index (χ1v) is 28.3. The van der Waals surface area contributed by atoms with Crippen LogP contribution in [-0.2, 0) is 60.3 Å². The zero-order valence-electron chi connectivity index (χ0n) is 43.2. The van der Waals surface area contributed by atoms with Crippen molar-refractivity contribution in [3.63, 3.8) is 0 Å². The number of hydrogen-bond donors (Lipinski definition) is 7. The molecule has 0 aliphatic heterocycles. The van der Waals surface area contributed by atoms with Crippen LogP contribution in [0.2, 0.25) is 0 Å². The van der Waals surface area contributed by atoms with Crippen molar-refractivity contribution < 1.29 is 57.0 Å². The normalized spacial score (nSPS) is 17.0. The molecule has 3 aliphatic rings. The number of carbonyl (C=O) groups is 3. The third kappa shape index (κ3) is 18.7. The van der Waals surface area contributed by atoms with Gasteiger partial charge in [0.05, 0.1) is 38.0 Å². The van der Waals surface area contributed by atoms with E-state index in [1.807, 2.05) is 6.92 Å². The van der Waals surface area contributed by atoms with Crippen LogP contribution in [0.1, 0.15) is 132 Å². The van der Waals surface area contributed by atoms with E-state index in [4.69, 9.17) is 56.5 Å². The number of nitrogen functional groups attached to an aromatic ring is 2. The van der Waals surface area contributed by atoms with Gasteiger partial charge in [-0.05, 0) is 132 Å². The molecule has 2 atom stereocenters. The molecule has 28 heteroatoms. The topological polar surface area (TPSA) is 370 Å². The van der Waals surface area contributed by atoms with E-state index < -0.39 is 61.5 Å². The molecule has 25 nitrogen and oxygen atoms in total. The lowest BCUT2D eigenvalue weighted by molar-refractivity contribution is -0.155. The second kappa shape index (κ2) is 26.4. The first-order valence-electron chi connectivity index (χ1n) is 24.2. The zero-order valence-corrected chi connectivity index (χ0v) is 45.7. The second-order valence-electron chi connectivity index (χ2n) is 20.2. The van der Waals surface area contributed by atoms with Gasteiger partial charge in [0.1, 0.15) is 70.6 Å². The molecule has 4 heterocycles. The summed E-state index contributed by atoms with van der Waals surface area (Å²) in [5, 5.41) is 5.96. The van der Waals surface area contributed by atoms with Gasteiger partial charge in [-0.1, -0.05) is 0 Å². The fraction of sp³-hybridized carbons (Fsp3) is 0.711. The summed E-state index contributed by atoms with van der Waals surface area (Å²) in [7, 11) is -7.91. The fourth-order valence-corrected chi connectivity index (χ4v) is 11.3. The lowest BCUT2D eigenvalue weighted by Crippen LogP contribution is -2.54. The summed E-state index contributed by atoms with van der Waals surface area (Å²) in [6, 6.07) is 0. The quantitative estimate of drug-likeness (QED) is 0.0222. The van der Waals surface area contributed by atoms with Crippen LogP contribution in [0, 0.1) is 0 Å². The molecular weight excluding hydrogens is 1010 g/mol. The smallest absolute Gasteiger partial charge is 0.350 e. The Morgan fingerprint density at radius 1 is 0.644 bits per heavy atom. The van der Waals surface area contributed by atoms with Gasteiger partial charge >= 0.3 is 25.5 Å². The van der Waals surface area contributed by atoms with E-state index in [1.54, 1.807) is 63.9 Å². The molecule has 4 aromatic rings. The number of imidazole rings is 2. The Morgan fingerprint density at radius 3 is 1.33 bits per heavy atom. The van der Waals surface area contributed by atoms with Crippen molar-refractivity contribution in [3.8, 4) is 0 Å². The van der Waals surface area contributed by atoms with E-state index in [-0.39, 0.29) is 48.4 Å². The predicted molar refractivity (Wildman–Crippen MR) is 274 cm³/mol. The molecule has 0 unspecified atom stereocenters. The van der Waals surface area contributed by atoms with E-state index in [1.165, 1.54) is 31.8 Å². The van der Waals surface area contributed by atoms with Crippen LogP contribution in [0.15, 0.2) is 25.3 Å². The van der Waals surface area contributed by atoms with Crippen molar-refractivity contribution in [1.29, 1.82) is 0 Å². The molecule has 0 saturated heterocycles. The minimum absolute atomic E-state index is 0. The van der Waals surface area contributed by atoms with E-state index in [2.05, 4.69) is 40.1 Å². The monoisotopic (exact) mass is 1090 g/mol. The number of esters is 3. The number of ether oxygens (including phenoxy) is 5. The van der Waals surface area contributed by atoms with Gasteiger partial charge < -0.3 is 60.2 Å². The molecular formula is C45H76ClN13O12P2. The Kier molecular flexibility index (Phi) is 22.1. The van der Waals surface area contributed by atoms with Crippen molar-refractivity contribution in [2.45, 2.75) is 192 Å². The molecule has 0 bridgehead atoms. The van der Waals surface area contributed by atoms with E-state index in [0.717, 1.165) is 64.2 Å². The predicted octanol–water partition coefficient (Wildman–Crippen LogP) is 6.27. The van der Waals surface area contributed by atoms with Gasteiger partial charge in [-0.2, -0.15) is 0 Å². The molecule has 0 spiro atoms. The van der Waals surface area contributed by atoms with Crippen LogP contribution < -0.4 is 27.8 Å². The van der Waals surface area contributed by atoms with Crippen LogP contribution in [-0.4, -0.2) is 126 Å². The van der Waals surface area contributed by atoms with Gasteiger partial charge in [0.15, 0.2) is 22.9 Å². The summed E-state index contributed by atoms with van der Waals surface area (Å²) in [6.07, 6.45) is 15.5. The molecule has 410 valence electrons. The third-order valence-electron chi connectivity index (χ3n) is 12.0. The average Bonchev–Trinajstić information content (AvgIpc) is 4.16. The van der Waals surface area contributed by atoms with E-state index in [9.17, 15) is 23.5 Å². The molecule has 3 saturated carbocycles. The highest BCUT2D eigenvalue weighted by atomic mass is 35.5. The Labute approximate surface area is 430 Å². The third-order valence-corrected chi connectivity index (χ3v) is 15.0. The maximum absolute atomic E-state index is 14.5. The summed E-state index contributed by atoms with van der Waals surface area (Å²) >= 11 is 5.79. The largest absolute Gasteiger partial charge is 0.461 e. The van der Waals surface area contributed by atoms with Crippen molar-refractivity contribution in [3.05, 3.63) is 25.3 Å². The van der Waals surface area contributed by atoms with Gasteiger partial charge in [0.2, 0.25) is 7.44 Å². The first-order chi connectivity index (χ1) is 33.6. The van der Waals surface area contributed by atoms with E-state index >= 15 is 0 Å². The molecule has 73 heavy (non-hydrogen) atoms. The Balaban J connectivity index is 0.000000295. The summed E-state index contributed by atoms with van der Waals surface area (Å²) in [5.74, 6) is -0.747. The van der Waals surface area contributed by atoms with Crippen molar-refractivity contribution in [2.75, 3.05) is 24.2 Å². The number of fused-ring (bicyclic) bond motifs is 2. The molecule has 4 aromatic heterocycles. The molecule has 0 amide bonds. The molecule has 0 aromatic carbocycles. The maximum atomic E-state index is 14.5. The number of carbonyl (C=O) groups excluding carboxylic acids is 3. The van der Waals surface area contributed by atoms with Crippen LogP contribution in [0.4, 0.5) is 11.6 Å². The van der Waals surface area contributed by atoms with Crippen LogP contribution in [0.3, 0.4) is 0 Å². The Bertz CT molecular complexity index is 2490. The van der Waals surface area contributed by atoms with Gasteiger partial charge in [0, 0.05) is 0 Å². The average molecular weight is 1090 g/mol. The fourth-order valence-electron chi connectivity index (χ4n) is 8.17. The number of aromatic nitrogens is 8. The summed E-state index contributed by atoms with van der Waals surface area (Å²) in [5.41, 5.74) is 11.0. The van der Waals surface area contributed by atoms with Crippen molar-refractivity contribution in [2.24, 2.45) is 0 Å². The SMILES string of the molecule is CC(C)(Cl)C(=O)OC1CCCC1.C[C@H](Cn1cnc2c(N)ncnc21)OCP(=O)(NC(C)(C)C(=O)OC1CCCC1)NC(C)(C)C(=O)OC1CCCC1.C[C@H](Cn1cnc2c(N)ncnc21)OCP(=O)(O)O.N. The molecule has 0 radical (unpaired) electrons. The lowest BCUT2D eigenvalue weighted by Gasteiger charge is -2.36. The summed E-state index contributed by atoms with van der Waals surface area (Å²) < 4.78 is 56.4. The highest BCUT2D eigenvalue weighted by molar-refractivity contribution is 7.59. The highest BCUT2D eigenvalue weighted by Gasteiger charge is 2.44. The number of nitrogens with one attached hydrogen (secondary N) is 2. The van der Waals surface area contributed by atoms with Gasteiger partial charge in [-0.3, -0.25) is 23.5 Å². The van der Waals surface area contributed by atoms with Crippen LogP contribution in [0.5, 0.6) is 0 Å². The van der Waals surface area contributed by atoms with Gasteiger partial charge in [0.25, 0.3) is 0 Å². The summed E-state index contributed by atoms with van der Waals surface area (Å²) in [4.78, 5) is 78.6. The number of hydrogen-bond acceptors (Lipinski definition) is 19. The minimum Gasteiger partial charge on any atom is -0.461 e. The standard InChI is InChI=1S/C27H44N7O6P.C9H15ClO2.C9H14N5O4P.H3N/c1-18(14-34-16-31-21-22(28)29-15-30-23(21)34)38-17-41(37,32-26(2,3)24(35)39-19-10-6-7-11-19)33-27(4,5)25(36)40-20-12-8-9-13-20;1-9(2,10)8(11)12-7-5-3-4-6-7;1-6(18-5-19(15,16)17)2-14-4-13-7-8(10)11-3-12-9(7)14;/h15-16,18-20H,6-14,17H2,1-5H3,(H2,28,29,30)(H2,32,33,37);7H,3-6H2,1-2H3;3-4,6H,2,5H2,1H3,(H2,10,11,12)(H2,15,16,17);1H3/t18-;;6-;/m1.1./s1. The lowest BCUT2D eigenvalue weighted by atomic mass is 10.1. The second-order valence-corrected chi connectivity index (χ2v) is 24.9. The maximum Gasteiger partial charge on any atom is 0.350 e. The number of nitrogens with two attached hydrogens (primary N) is 2. The molecule has 7 rings (SSSR count). The van der Waals surface area contributed by atoms with Gasteiger partial charge in [-0.15, -0.1) is 11.6 Å². The first kappa shape index (κ1) is 61.1. The van der Waals surface area contributed by atoms with Crippen molar-refractivity contribution in [1.82, 2.24) is 55.4 Å². The number of rotatable bonds is 20. The summed E-state index contributed by atoms with van der Waals surface area (Å²) in [6.45, 7) is 14.0. The van der Waals surface area contributed by atoms with Crippen molar-refractivity contribution >= 4 is 78.5 Å². The minimum atomic E-state index is -4.16. The van der Waals surface area contributed by atoms with E-state index in [0.29, 0.717) is 35.4 Å². The number of halogens is 1. The Hall–Kier alpha value is -4.42. The molecule has 3 fully saturated rings. The van der Waals surface area contributed by atoms with Gasteiger partial charge in [-0.25, -0.2) is 40.1 Å². The number of nitrogens with zero attached hydrogens (tertiary/aromatic N) is 8. The Morgan fingerprint density at radius 2 is 0.986 bits per heavy atom. The molecule has 11 N–H and O–H groups in total. The number of alkyl halides is 1. The van der Waals surface area contributed by atoms with Crippen LogP contribution >= 0.6 is 26.6 Å². The van der Waals surface area contributed by atoms with Crippen LogP contribution in [0.25, 0.3) is 22.3 Å².